The Morgan fingerprint density at radius 1 is 1.53 bits per heavy atom. The number of nitrogens with two attached hydrogens (primary N) is 1. The largest absolute Gasteiger partial charge is 0.381 e. The number of rotatable bonds is 3. The molecule has 0 radical (unpaired) electrons. The second-order valence-corrected chi connectivity index (χ2v) is 6.39. The van der Waals surface area contributed by atoms with Crippen LogP contribution >= 0.6 is 0 Å². The van der Waals surface area contributed by atoms with Crippen molar-refractivity contribution in [2.45, 2.75) is 24.1 Å². The monoisotopic (exact) mass is 261 g/mol. The molecule has 7 nitrogen and oxygen atoms in total. The normalized spacial score (nSPS) is 26.0. The summed E-state index contributed by atoms with van der Waals surface area (Å²) in [5.41, 5.74) is 5.92. The van der Waals surface area contributed by atoms with Crippen molar-refractivity contribution < 1.29 is 17.7 Å². The van der Waals surface area contributed by atoms with E-state index in [1.807, 2.05) is 0 Å². The van der Waals surface area contributed by atoms with Gasteiger partial charge in [0.15, 0.2) is 15.7 Å². The van der Waals surface area contributed by atoms with Crippen LogP contribution in [0, 0.1) is 0 Å². The second kappa shape index (κ2) is 4.71. The summed E-state index contributed by atoms with van der Waals surface area (Å²) in [4.78, 5) is 4.05. The molecule has 96 valence electrons. The first-order valence-corrected chi connectivity index (χ1v) is 7.35. The lowest BCUT2D eigenvalue weighted by atomic mass is 9.97. The lowest BCUT2D eigenvalue weighted by Crippen LogP contribution is -2.37. The molecule has 0 saturated carbocycles. The van der Waals surface area contributed by atoms with Crippen molar-refractivity contribution in [3.8, 4) is 0 Å². The average Bonchev–Trinajstić information content (AvgIpc) is 2.64. The number of hydrogen-bond acceptors (Lipinski definition) is 7. The van der Waals surface area contributed by atoms with Crippen molar-refractivity contribution in [1.29, 1.82) is 0 Å². The molecule has 1 aromatic rings. The average molecular weight is 261 g/mol. The highest BCUT2D eigenvalue weighted by Gasteiger charge is 2.29. The molecule has 2 atom stereocenters. The summed E-state index contributed by atoms with van der Waals surface area (Å²) in [7, 11) is -3.16. The van der Waals surface area contributed by atoms with E-state index in [2.05, 4.69) is 10.1 Å². The highest BCUT2D eigenvalue weighted by molar-refractivity contribution is 7.89. The topological polar surface area (TPSA) is 108 Å². The summed E-state index contributed by atoms with van der Waals surface area (Å²) >= 11 is 0. The Morgan fingerprint density at radius 2 is 2.29 bits per heavy atom. The van der Waals surface area contributed by atoms with Gasteiger partial charge in [0.1, 0.15) is 5.75 Å². The van der Waals surface area contributed by atoms with Crippen molar-refractivity contribution in [2.24, 2.45) is 5.73 Å². The van der Waals surface area contributed by atoms with E-state index in [0.29, 0.717) is 19.1 Å². The van der Waals surface area contributed by atoms with Crippen LogP contribution < -0.4 is 5.73 Å². The van der Waals surface area contributed by atoms with Crippen molar-refractivity contribution >= 4 is 9.84 Å². The van der Waals surface area contributed by atoms with Gasteiger partial charge < -0.3 is 15.0 Å². The number of hydrogen-bond donors (Lipinski definition) is 1. The molecule has 1 aromatic heterocycles. The standard InChI is InChI=1S/C9H15N3O4S/c1-17(13,14)5-8-11-9(16-12-8)6-4-15-3-2-7(6)10/h6-7H,2-5,10H2,1H3. The van der Waals surface area contributed by atoms with Crippen LogP contribution in [-0.2, 0) is 20.3 Å². The van der Waals surface area contributed by atoms with E-state index >= 15 is 0 Å². The first-order valence-electron chi connectivity index (χ1n) is 5.29. The molecular weight excluding hydrogens is 246 g/mol. The molecule has 0 aliphatic carbocycles. The van der Waals surface area contributed by atoms with Gasteiger partial charge in [0.25, 0.3) is 0 Å². The SMILES string of the molecule is CS(=O)(=O)Cc1noc(C2COCCC2N)n1. The van der Waals surface area contributed by atoms with Crippen molar-refractivity contribution in [1.82, 2.24) is 10.1 Å². The first-order chi connectivity index (χ1) is 7.96. The molecule has 17 heavy (non-hydrogen) atoms. The molecule has 0 aromatic carbocycles. The lowest BCUT2D eigenvalue weighted by Gasteiger charge is -2.25. The van der Waals surface area contributed by atoms with Crippen molar-refractivity contribution in [3.63, 3.8) is 0 Å². The smallest absolute Gasteiger partial charge is 0.233 e. The maximum atomic E-state index is 11.1. The molecule has 0 spiro atoms. The fourth-order valence-corrected chi connectivity index (χ4v) is 2.31. The van der Waals surface area contributed by atoms with Crippen LogP contribution in [0.25, 0.3) is 0 Å². The number of ether oxygens (including phenoxy) is 1. The van der Waals surface area contributed by atoms with Gasteiger partial charge in [0, 0.05) is 18.9 Å². The lowest BCUT2D eigenvalue weighted by molar-refractivity contribution is 0.0590. The van der Waals surface area contributed by atoms with Gasteiger partial charge in [0.2, 0.25) is 5.89 Å². The predicted molar refractivity (Wildman–Crippen MR) is 59.0 cm³/mol. The number of sulfone groups is 1. The Labute approximate surface area is 99.2 Å². The third-order valence-corrected chi connectivity index (χ3v) is 3.38. The molecule has 1 fully saturated rings. The molecule has 1 saturated heterocycles. The van der Waals surface area contributed by atoms with Crippen molar-refractivity contribution in [2.75, 3.05) is 19.5 Å². The highest BCUT2D eigenvalue weighted by atomic mass is 32.2. The van der Waals surface area contributed by atoms with Gasteiger partial charge in [0.05, 0.1) is 12.5 Å². The Hall–Kier alpha value is -0.990. The van der Waals surface area contributed by atoms with Crippen LogP contribution in [0.15, 0.2) is 4.52 Å². The van der Waals surface area contributed by atoms with Gasteiger partial charge >= 0.3 is 0 Å². The molecule has 0 amide bonds. The zero-order chi connectivity index (χ0) is 12.5. The third kappa shape index (κ3) is 3.24. The minimum atomic E-state index is -3.16. The zero-order valence-corrected chi connectivity index (χ0v) is 10.3. The van der Waals surface area contributed by atoms with Gasteiger partial charge in [-0.3, -0.25) is 0 Å². The van der Waals surface area contributed by atoms with Gasteiger partial charge in [-0.1, -0.05) is 5.16 Å². The van der Waals surface area contributed by atoms with Gasteiger partial charge in [-0.2, -0.15) is 4.98 Å². The van der Waals surface area contributed by atoms with E-state index in [-0.39, 0.29) is 23.5 Å². The van der Waals surface area contributed by atoms with Gasteiger partial charge in [-0.25, -0.2) is 8.42 Å². The van der Waals surface area contributed by atoms with Crippen LogP contribution in [0.3, 0.4) is 0 Å². The van der Waals surface area contributed by atoms with Crippen LogP contribution in [0.1, 0.15) is 24.1 Å². The molecule has 2 rings (SSSR count). The Kier molecular flexibility index (Phi) is 3.45. The summed E-state index contributed by atoms with van der Waals surface area (Å²) in [6.07, 6.45) is 1.85. The van der Waals surface area contributed by atoms with Crippen LogP contribution in [-0.4, -0.2) is 44.1 Å². The molecule has 0 bridgehead atoms. The number of nitrogens with zero attached hydrogens (tertiary/aromatic N) is 2. The molecule has 8 heteroatoms. The fraction of sp³-hybridized carbons (Fsp3) is 0.778. The fourth-order valence-electron chi connectivity index (χ4n) is 1.72. The van der Waals surface area contributed by atoms with E-state index in [9.17, 15) is 8.42 Å². The molecule has 1 aliphatic heterocycles. The zero-order valence-electron chi connectivity index (χ0n) is 9.50. The summed E-state index contributed by atoms with van der Waals surface area (Å²) in [6, 6.07) is -0.0877. The van der Waals surface area contributed by atoms with E-state index in [0.717, 1.165) is 12.7 Å². The molecule has 2 unspecified atom stereocenters. The van der Waals surface area contributed by atoms with E-state index in [1.165, 1.54) is 0 Å². The Bertz CT molecular complexity index is 484. The summed E-state index contributed by atoms with van der Waals surface area (Å²) < 4.78 is 32.5. The van der Waals surface area contributed by atoms with Crippen molar-refractivity contribution in [3.05, 3.63) is 11.7 Å². The summed E-state index contributed by atoms with van der Waals surface area (Å²) in [5.74, 6) is 0.153. The summed E-state index contributed by atoms with van der Waals surface area (Å²) in [5, 5.41) is 3.63. The molecule has 2 heterocycles. The molecule has 1 aliphatic rings. The van der Waals surface area contributed by atoms with E-state index in [4.69, 9.17) is 15.0 Å². The predicted octanol–water partition coefficient (Wildman–Crippen LogP) is -0.555. The maximum Gasteiger partial charge on any atom is 0.233 e. The first kappa shape index (κ1) is 12.5. The van der Waals surface area contributed by atoms with Crippen LogP contribution in [0.5, 0.6) is 0 Å². The van der Waals surface area contributed by atoms with Crippen LogP contribution in [0.2, 0.25) is 0 Å². The quantitative estimate of drug-likeness (QED) is 0.777. The van der Waals surface area contributed by atoms with Gasteiger partial charge in [-0.15, -0.1) is 0 Å². The maximum absolute atomic E-state index is 11.1. The second-order valence-electron chi connectivity index (χ2n) is 4.25. The van der Waals surface area contributed by atoms with Gasteiger partial charge in [-0.05, 0) is 6.42 Å². The van der Waals surface area contributed by atoms with E-state index in [1.54, 1.807) is 0 Å². The third-order valence-electron chi connectivity index (χ3n) is 2.60. The number of aromatic nitrogens is 2. The summed E-state index contributed by atoms with van der Waals surface area (Å²) in [6.45, 7) is 1.06. The van der Waals surface area contributed by atoms with Crippen LogP contribution in [0.4, 0.5) is 0 Å². The Morgan fingerprint density at radius 3 is 2.94 bits per heavy atom. The minimum Gasteiger partial charge on any atom is -0.381 e. The molecular formula is C9H15N3O4S. The van der Waals surface area contributed by atoms with E-state index < -0.39 is 9.84 Å². The molecule has 2 N–H and O–H groups in total. The highest BCUT2D eigenvalue weighted by Crippen LogP contribution is 2.23. The minimum absolute atomic E-state index is 0.0877. The Balaban J connectivity index is 2.12.